The molecule has 8 nitrogen and oxygen atoms in total. The van der Waals surface area contributed by atoms with Crippen LogP contribution in [0.3, 0.4) is 0 Å². The summed E-state index contributed by atoms with van der Waals surface area (Å²) in [6.45, 7) is 5.55. The van der Waals surface area contributed by atoms with Gasteiger partial charge in [0.25, 0.3) is 0 Å². The van der Waals surface area contributed by atoms with Crippen molar-refractivity contribution in [3.63, 3.8) is 0 Å². The Morgan fingerprint density at radius 2 is 1.00 bits per heavy atom. The number of hydrogen-bond acceptors (Lipinski definition) is 8. The van der Waals surface area contributed by atoms with Crippen LogP contribution in [-0.4, -0.2) is 93.1 Å². The van der Waals surface area contributed by atoms with Gasteiger partial charge in [0.15, 0.2) is 0 Å². The van der Waals surface area contributed by atoms with Gasteiger partial charge in [0, 0.05) is 13.1 Å². The summed E-state index contributed by atoms with van der Waals surface area (Å²) in [4.78, 5) is 4.77. The molecule has 4 rings (SSSR count). The van der Waals surface area contributed by atoms with Crippen LogP contribution in [0, 0.1) is 0 Å². The second-order valence-corrected chi connectivity index (χ2v) is 11.3. The number of aliphatic hydroxyl groups excluding tert-OH is 2. The summed E-state index contributed by atoms with van der Waals surface area (Å²) in [5.74, 6) is 1.03. The molecule has 35 heavy (non-hydrogen) atoms. The predicted molar refractivity (Wildman–Crippen MR) is 133 cm³/mol. The Morgan fingerprint density at radius 3 is 1.34 bits per heavy atom. The van der Waals surface area contributed by atoms with Gasteiger partial charge >= 0.3 is 0 Å². The van der Waals surface area contributed by atoms with Crippen LogP contribution in [0.25, 0.3) is 0 Å². The van der Waals surface area contributed by atoms with Crippen LogP contribution >= 0.6 is 0 Å². The molecule has 0 amide bonds. The van der Waals surface area contributed by atoms with Crippen LogP contribution < -0.4 is 9.47 Å². The molecule has 0 aliphatic carbocycles. The Morgan fingerprint density at radius 1 is 0.657 bits per heavy atom. The molecular formula is C26H36N2O6S. The molecule has 9 heteroatoms. The lowest BCUT2D eigenvalue weighted by molar-refractivity contribution is 0.0757. The van der Waals surface area contributed by atoms with Crippen molar-refractivity contribution in [2.24, 2.45) is 0 Å². The molecular weight excluding hydrogens is 468 g/mol. The van der Waals surface area contributed by atoms with E-state index in [4.69, 9.17) is 9.47 Å². The third-order valence-electron chi connectivity index (χ3n) is 6.49. The Kier molecular flexibility index (Phi) is 9.02. The summed E-state index contributed by atoms with van der Waals surface area (Å²) in [7, 11) is -3.69. The van der Waals surface area contributed by atoms with E-state index in [1.54, 1.807) is 24.3 Å². The first kappa shape index (κ1) is 25.9. The molecule has 2 N–H and O–H groups in total. The fraction of sp³-hybridized carbons (Fsp3) is 0.538. The molecule has 2 fully saturated rings. The summed E-state index contributed by atoms with van der Waals surface area (Å²) < 4.78 is 37.3. The smallest absolute Gasteiger partial charge is 0.206 e. The zero-order valence-corrected chi connectivity index (χ0v) is 20.9. The molecule has 0 aromatic heterocycles. The largest absolute Gasteiger partial charge is 0.491 e. The van der Waals surface area contributed by atoms with E-state index in [1.165, 1.54) is 49.9 Å². The molecule has 2 aliphatic heterocycles. The van der Waals surface area contributed by atoms with Crippen molar-refractivity contribution in [3.05, 3.63) is 48.5 Å². The van der Waals surface area contributed by atoms with Gasteiger partial charge in [0.1, 0.15) is 36.9 Å². The van der Waals surface area contributed by atoms with Crippen molar-refractivity contribution in [3.8, 4) is 11.5 Å². The topological polar surface area (TPSA) is 99.5 Å². The highest BCUT2D eigenvalue weighted by Crippen LogP contribution is 2.25. The minimum absolute atomic E-state index is 0.163. The molecule has 2 heterocycles. The Bertz CT molecular complexity index is 939. The lowest BCUT2D eigenvalue weighted by atomic mass is 10.3. The highest BCUT2D eigenvalue weighted by Gasteiger charge is 2.20. The van der Waals surface area contributed by atoms with Crippen LogP contribution in [0.15, 0.2) is 58.3 Å². The predicted octanol–water partition coefficient (Wildman–Crippen LogP) is 2.19. The summed E-state index contributed by atoms with van der Waals surface area (Å²) in [6.07, 6.45) is 3.50. The SMILES string of the molecule is O=S(=O)(c1ccc(OCC(O)CN2CCCC2)cc1)c1ccc(OCC(O)CN2CCCC2)cc1. The Hall–Kier alpha value is -2.17. The van der Waals surface area contributed by atoms with Crippen LogP contribution in [-0.2, 0) is 9.84 Å². The molecule has 0 radical (unpaired) electrons. The van der Waals surface area contributed by atoms with E-state index < -0.39 is 22.0 Å². The van der Waals surface area contributed by atoms with E-state index in [0.29, 0.717) is 24.6 Å². The quantitative estimate of drug-likeness (QED) is 0.454. The number of ether oxygens (including phenoxy) is 2. The summed E-state index contributed by atoms with van der Waals surface area (Å²) in [5, 5.41) is 20.3. The maximum absolute atomic E-state index is 13.0. The van der Waals surface area contributed by atoms with Gasteiger partial charge in [-0.1, -0.05) is 0 Å². The van der Waals surface area contributed by atoms with E-state index in [0.717, 1.165) is 26.2 Å². The van der Waals surface area contributed by atoms with E-state index in [-0.39, 0.29) is 23.0 Å². The Labute approximate surface area is 208 Å². The van der Waals surface area contributed by atoms with Crippen LogP contribution in [0.5, 0.6) is 11.5 Å². The lowest BCUT2D eigenvalue weighted by Crippen LogP contribution is -2.33. The van der Waals surface area contributed by atoms with Gasteiger partial charge in [0.2, 0.25) is 9.84 Å². The highest BCUT2D eigenvalue weighted by atomic mass is 32.2. The normalized spacial score (nSPS) is 19.0. The summed E-state index contributed by atoms with van der Waals surface area (Å²) in [6, 6.07) is 12.5. The average Bonchev–Trinajstić information content (AvgIpc) is 3.56. The average molecular weight is 505 g/mol. The van der Waals surface area contributed by atoms with Crippen molar-refractivity contribution in [1.82, 2.24) is 9.80 Å². The number of benzene rings is 2. The molecule has 192 valence electrons. The number of likely N-dealkylation sites (tertiary alicyclic amines) is 2. The lowest BCUT2D eigenvalue weighted by Gasteiger charge is -2.19. The summed E-state index contributed by atoms with van der Waals surface area (Å²) in [5.41, 5.74) is 0. The zero-order valence-electron chi connectivity index (χ0n) is 20.1. The van der Waals surface area contributed by atoms with Gasteiger partial charge in [0.05, 0.1) is 9.79 Å². The number of nitrogens with zero attached hydrogens (tertiary/aromatic N) is 2. The second-order valence-electron chi connectivity index (χ2n) is 9.39. The number of sulfone groups is 1. The molecule has 2 aliphatic rings. The van der Waals surface area contributed by atoms with Crippen molar-refractivity contribution in [2.75, 3.05) is 52.5 Å². The van der Waals surface area contributed by atoms with E-state index in [9.17, 15) is 18.6 Å². The first-order chi connectivity index (χ1) is 16.9. The molecule has 2 saturated heterocycles. The number of aliphatic hydroxyl groups is 2. The van der Waals surface area contributed by atoms with E-state index >= 15 is 0 Å². The molecule has 2 atom stereocenters. The van der Waals surface area contributed by atoms with Crippen LogP contribution in [0.4, 0.5) is 0 Å². The molecule has 2 unspecified atom stereocenters. The van der Waals surface area contributed by atoms with Gasteiger partial charge in [-0.25, -0.2) is 8.42 Å². The molecule has 0 saturated carbocycles. The van der Waals surface area contributed by atoms with Crippen molar-refractivity contribution in [1.29, 1.82) is 0 Å². The first-order valence-electron chi connectivity index (χ1n) is 12.4. The van der Waals surface area contributed by atoms with Gasteiger partial charge in [-0.15, -0.1) is 0 Å². The Balaban J connectivity index is 1.27. The van der Waals surface area contributed by atoms with Crippen LogP contribution in [0.1, 0.15) is 25.7 Å². The third-order valence-corrected chi connectivity index (χ3v) is 8.27. The summed E-state index contributed by atoms with van der Waals surface area (Å²) >= 11 is 0. The van der Waals surface area contributed by atoms with Gasteiger partial charge in [-0.3, -0.25) is 0 Å². The van der Waals surface area contributed by atoms with Crippen molar-refractivity contribution >= 4 is 9.84 Å². The minimum atomic E-state index is -3.69. The number of rotatable bonds is 12. The highest BCUT2D eigenvalue weighted by molar-refractivity contribution is 7.91. The standard InChI is InChI=1S/C26H36N2O6S/c29-21(17-27-13-1-2-14-27)19-33-23-5-9-25(10-6-23)35(31,32)26-11-7-24(8-12-26)34-20-22(30)18-28-15-3-4-16-28/h5-12,21-22,29-30H,1-4,13-20H2. The fourth-order valence-corrected chi connectivity index (χ4v) is 5.84. The number of hydrogen-bond donors (Lipinski definition) is 2. The van der Waals surface area contributed by atoms with Gasteiger partial charge < -0.3 is 29.5 Å². The first-order valence-corrected chi connectivity index (χ1v) is 13.9. The molecule has 2 aromatic rings. The maximum atomic E-state index is 13.0. The molecule has 2 aromatic carbocycles. The van der Waals surface area contributed by atoms with E-state index in [2.05, 4.69) is 9.80 Å². The van der Waals surface area contributed by atoms with Crippen molar-refractivity contribution < 1.29 is 28.1 Å². The van der Waals surface area contributed by atoms with Crippen LogP contribution in [0.2, 0.25) is 0 Å². The van der Waals surface area contributed by atoms with E-state index in [1.807, 2.05) is 0 Å². The van der Waals surface area contributed by atoms with Crippen molar-refractivity contribution in [2.45, 2.75) is 47.7 Å². The maximum Gasteiger partial charge on any atom is 0.206 e. The second kappa shape index (κ2) is 12.2. The fourth-order valence-electron chi connectivity index (χ4n) is 4.58. The monoisotopic (exact) mass is 504 g/mol. The molecule has 0 bridgehead atoms. The number of β-amino-alcohol motifs (C(OH)–C–C–N with tert-alkyl or cyclic N) is 2. The zero-order chi connectivity index (χ0) is 24.7. The minimum Gasteiger partial charge on any atom is -0.491 e. The van der Waals surface area contributed by atoms with Gasteiger partial charge in [-0.05, 0) is 100 Å². The third kappa shape index (κ3) is 7.41. The van der Waals surface area contributed by atoms with Gasteiger partial charge in [-0.2, -0.15) is 0 Å². The molecule has 0 spiro atoms.